The number of nitrogens with zero attached hydrogens (tertiary/aromatic N) is 1. The number of aromatic hydroxyl groups is 1. The van der Waals surface area contributed by atoms with Gasteiger partial charge in [-0.1, -0.05) is 31.0 Å². The molecule has 0 fully saturated rings. The quantitative estimate of drug-likeness (QED) is 0.494. The summed E-state index contributed by atoms with van der Waals surface area (Å²) >= 11 is 5.76. The highest BCUT2D eigenvalue weighted by Gasteiger charge is 2.08. The van der Waals surface area contributed by atoms with Gasteiger partial charge in [-0.05, 0) is 30.2 Å². The average molecular weight is 279 g/mol. The van der Waals surface area contributed by atoms with Gasteiger partial charge in [-0.3, -0.25) is 4.79 Å². The lowest BCUT2D eigenvalue weighted by Gasteiger charge is -2.03. The number of carbonyl (C=O) groups is 1. The van der Waals surface area contributed by atoms with E-state index in [0.717, 1.165) is 12.8 Å². The van der Waals surface area contributed by atoms with E-state index >= 15 is 0 Å². The van der Waals surface area contributed by atoms with Gasteiger partial charge in [-0.25, -0.2) is 0 Å². The van der Waals surface area contributed by atoms with E-state index in [0.29, 0.717) is 12.1 Å². The van der Waals surface area contributed by atoms with E-state index < -0.39 is 5.91 Å². The number of halogens is 1. The third-order valence-corrected chi connectivity index (χ3v) is 2.77. The van der Waals surface area contributed by atoms with Crippen LogP contribution in [0.25, 0.3) is 6.08 Å². The monoisotopic (exact) mass is 278 g/mol. The Balaban J connectivity index is 2.84. The highest BCUT2D eigenvalue weighted by Crippen LogP contribution is 2.24. The molecule has 0 bridgehead atoms. The van der Waals surface area contributed by atoms with Crippen LogP contribution in [0, 0.1) is 11.3 Å². The van der Waals surface area contributed by atoms with Crippen molar-refractivity contribution in [1.29, 1.82) is 5.26 Å². The number of hydrogen-bond acceptors (Lipinski definition) is 3. The second kappa shape index (κ2) is 7.45. The first kappa shape index (κ1) is 15.1. The van der Waals surface area contributed by atoms with Crippen LogP contribution in [0.4, 0.5) is 0 Å². The lowest BCUT2D eigenvalue weighted by atomic mass is 10.1. The number of nitriles is 1. The Morgan fingerprint density at radius 2 is 2.32 bits per heavy atom. The van der Waals surface area contributed by atoms with Crippen LogP contribution in [0.1, 0.15) is 25.3 Å². The van der Waals surface area contributed by atoms with Crippen LogP contribution >= 0.6 is 11.6 Å². The Morgan fingerprint density at radius 1 is 1.58 bits per heavy atom. The van der Waals surface area contributed by atoms with Gasteiger partial charge < -0.3 is 10.4 Å². The van der Waals surface area contributed by atoms with Gasteiger partial charge >= 0.3 is 0 Å². The van der Waals surface area contributed by atoms with Crippen LogP contribution in [0.2, 0.25) is 5.02 Å². The molecule has 100 valence electrons. The van der Waals surface area contributed by atoms with Gasteiger partial charge in [0.05, 0.1) is 5.02 Å². The van der Waals surface area contributed by atoms with Crippen molar-refractivity contribution in [3.05, 3.63) is 34.4 Å². The van der Waals surface area contributed by atoms with E-state index in [-0.39, 0.29) is 16.3 Å². The summed E-state index contributed by atoms with van der Waals surface area (Å²) < 4.78 is 0. The van der Waals surface area contributed by atoms with Crippen molar-refractivity contribution in [3.8, 4) is 11.8 Å². The van der Waals surface area contributed by atoms with E-state index in [2.05, 4.69) is 5.32 Å². The molecular weight excluding hydrogens is 264 g/mol. The Labute approximate surface area is 117 Å². The molecule has 0 aliphatic heterocycles. The number of amides is 1. The third-order valence-electron chi connectivity index (χ3n) is 2.46. The molecule has 0 aliphatic rings. The second-order valence-electron chi connectivity index (χ2n) is 3.99. The summed E-state index contributed by atoms with van der Waals surface area (Å²) in [5.74, 6) is -0.440. The zero-order valence-electron chi connectivity index (χ0n) is 10.6. The largest absolute Gasteiger partial charge is 0.506 e. The number of nitrogens with one attached hydrogen (secondary N) is 1. The van der Waals surface area contributed by atoms with Gasteiger partial charge in [-0.15, -0.1) is 0 Å². The number of benzene rings is 1. The Bertz CT molecular complexity index is 533. The Kier molecular flexibility index (Phi) is 5.91. The molecule has 0 atom stereocenters. The normalized spacial score (nSPS) is 10.9. The minimum absolute atomic E-state index is 0.0119. The molecule has 0 saturated heterocycles. The van der Waals surface area contributed by atoms with Crippen LogP contribution in [0.15, 0.2) is 23.8 Å². The molecule has 0 aliphatic carbocycles. The molecule has 1 rings (SSSR count). The number of phenolic OH excluding ortho intramolecular Hbond substituents is 1. The Morgan fingerprint density at radius 3 is 2.89 bits per heavy atom. The zero-order chi connectivity index (χ0) is 14.3. The summed E-state index contributed by atoms with van der Waals surface area (Å²) in [4.78, 5) is 11.7. The molecule has 2 N–H and O–H groups in total. The molecule has 1 aromatic carbocycles. The Hall–Kier alpha value is -1.99. The van der Waals surface area contributed by atoms with Crippen LogP contribution in [-0.4, -0.2) is 17.6 Å². The van der Waals surface area contributed by atoms with Gasteiger partial charge in [-0.2, -0.15) is 5.26 Å². The minimum atomic E-state index is -0.403. The maximum absolute atomic E-state index is 11.7. The fourth-order valence-corrected chi connectivity index (χ4v) is 1.59. The van der Waals surface area contributed by atoms with Gasteiger partial charge in [0, 0.05) is 6.54 Å². The molecule has 0 saturated carbocycles. The first-order valence-corrected chi connectivity index (χ1v) is 6.34. The number of hydrogen-bond donors (Lipinski definition) is 2. The molecule has 19 heavy (non-hydrogen) atoms. The molecule has 1 aromatic rings. The smallest absolute Gasteiger partial charge is 0.261 e. The number of rotatable bonds is 5. The summed E-state index contributed by atoms with van der Waals surface area (Å²) in [5, 5.41) is 21.1. The van der Waals surface area contributed by atoms with Crippen molar-refractivity contribution in [1.82, 2.24) is 5.32 Å². The molecule has 0 radical (unpaired) electrons. The number of carbonyl (C=O) groups excluding carboxylic acids is 1. The maximum Gasteiger partial charge on any atom is 0.261 e. The molecule has 0 spiro atoms. The lowest BCUT2D eigenvalue weighted by molar-refractivity contribution is -0.117. The topological polar surface area (TPSA) is 73.1 Å². The number of unbranched alkanes of at least 4 members (excludes halogenated alkanes) is 1. The van der Waals surface area contributed by atoms with Crippen molar-refractivity contribution in [3.63, 3.8) is 0 Å². The van der Waals surface area contributed by atoms with Gasteiger partial charge in [0.15, 0.2) is 0 Å². The predicted octanol–water partition coefficient (Wildman–Crippen LogP) is 2.87. The highest BCUT2D eigenvalue weighted by molar-refractivity contribution is 6.32. The van der Waals surface area contributed by atoms with Gasteiger partial charge in [0.25, 0.3) is 5.91 Å². The summed E-state index contributed by atoms with van der Waals surface area (Å²) in [6.07, 6.45) is 3.28. The van der Waals surface area contributed by atoms with Crippen LogP contribution in [0.3, 0.4) is 0 Å². The molecule has 0 heterocycles. The van der Waals surface area contributed by atoms with Crippen molar-refractivity contribution in [2.24, 2.45) is 0 Å². The van der Waals surface area contributed by atoms with Crippen LogP contribution < -0.4 is 5.32 Å². The molecule has 1 amide bonds. The average Bonchev–Trinajstić information content (AvgIpc) is 2.40. The first-order valence-electron chi connectivity index (χ1n) is 5.97. The van der Waals surface area contributed by atoms with Crippen molar-refractivity contribution in [2.75, 3.05) is 6.54 Å². The fraction of sp³-hybridized carbons (Fsp3) is 0.286. The van der Waals surface area contributed by atoms with Crippen LogP contribution in [-0.2, 0) is 4.79 Å². The third kappa shape index (κ3) is 4.65. The number of phenols is 1. The van der Waals surface area contributed by atoms with Gasteiger partial charge in [0.2, 0.25) is 0 Å². The summed E-state index contributed by atoms with van der Waals surface area (Å²) in [6, 6.07) is 6.34. The molecule has 4 nitrogen and oxygen atoms in total. The summed E-state index contributed by atoms with van der Waals surface area (Å²) in [5.41, 5.74) is 0.600. The maximum atomic E-state index is 11.7. The van der Waals surface area contributed by atoms with E-state index in [4.69, 9.17) is 16.9 Å². The second-order valence-corrected chi connectivity index (χ2v) is 4.40. The van der Waals surface area contributed by atoms with Crippen LogP contribution in [0.5, 0.6) is 5.75 Å². The summed E-state index contributed by atoms with van der Waals surface area (Å²) in [7, 11) is 0. The van der Waals surface area contributed by atoms with E-state index in [1.165, 1.54) is 18.2 Å². The SMILES string of the molecule is CCCCNC(=O)C(C#N)=Cc1ccc(O)c(Cl)c1. The van der Waals surface area contributed by atoms with Gasteiger partial charge in [0.1, 0.15) is 17.4 Å². The standard InChI is InChI=1S/C14H15ClN2O2/c1-2-3-6-17-14(19)11(9-16)7-10-4-5-13(18)12(15)8-10/h4-5,7-8,18H,2-3,6H2,1H3,(H,17,19). The van der Waals surface area contributed by atoms with Crippen molar-refractivity contribution in [2.45, 2.75) is 19.8 Å². The fourth-order valence-electron chi connectivity index (χ4n) is 1.40. The van der Waals surface area contributed by atoms with E-state index in [9.17, 15) is 9.90 Å². The zero-order valence-corrected chi connectivity index (χ0v) is 11.4. The lowest BCUT2D eigenvalue weighted by Crippen LogP contribution is -2.25. The minimum Gasteiger partial charge on any atom is -0.506 e. The van der Waals surface area contributed by atoms with E-state index in [1.54, 1.807) is 6.07 Å². The highest BCUT2D eigenvalue weighted by atomic mass is 35.5. The molecule has 0 aromatic heterocycles. The van der Waals surface area contributed by atoms with E-state index in [1.807, 2.05) is 13.0 Å². The predicted molar refractivity (Wildman–Crippen MR) is 74.6 cm³/mol. The molecule has 0 unspecified atom stereocenters. The molecular formula is C14H15ClN2O2. The first-order chi connectivity index (χ1) is 9.08. The molecule has 5 heteroatoms. The summed E-state index contributed by atoms with van der Waals surface area (Å²) in [6.45, 7) is 2.57. The van der Waals surface area contributed by atoms with Crippen molar-refractivity contribution < 1.29 is 9.90 Å². The van der Waals surface area contributed by atoms with Crippen molar-refractivity contribution >= 4 is 23.6 Å².